The second kappa shape index (κ2) is 4.01. The Morgan fingerprint density at radius 1 is 1.50 bits per heavy atom. The van der Waals surface area contributed by atoms with Crippen LogP contribution in [-0.2, 0) is 0 Å². The van der Waals surface area contributed by atoms with Crippen LogP contribution < -0.4 is 11.1 Å². The molecule has 4 nitrogen and oxygen atoms in total. The largest absolute Gasteiger partial charge is 0.366 e. The first-order valence-electron chi connectivity index (χ1n) is 3.98. The van der Waals surface area contributed by atoms with Gasteiger partial charge in [-0.05, 0) is 19.9 Å². The Kier molecular flexibility index (Phi) is 2.99. The van der Waals surface area contributed by atoms with Gasteiger partial charge in [-0.2, -0.15) is 0 Å². The van der Waals surface area contributed by atoms with Crippen molar-refractivity contribution < 1.29 is 0 Å². The monoisotopic (exact) mass is 166 g/mol. The third-order valence-corrected chi connectivity index (χ3v) is 1.75. The predicted molar refractivity (Wildman–Crippen MR) is 48.8 cm³/mol. The lowest BCUT2D eigenvalue weighted by atomic mass is 10.2. The maximum Gasteiger partial charge on any atom is 0.129 e. The van der Waals surface area contributed by atoms with Gasteiger partial charge < -0.3 is 11.1 Å². The summed E-state index contributed by atoms with van der Waals surface area (Å²) in [6.07, 6.45) is 3.21. The Hall–Kier alpha value is -1.16. The van der Waals surface area contributed by atoms with Gasteiger partial charge in [0, 0.05) is 18.3 Å². The van der Waals surface area contributed by atoms with Crippen molar-refractivity contribution in [2.45, 2.75) is 25.9 Å². The lowest BCUT2D eigenvalue weighted by Crippen LogP contribution is -2.35. The van der Waals surface area contributed by atoms with Crippen molar-refractivity contribution in [3.8, 4) is 0 Å². The van der Waals surface area contributed by atoms with Crippen molar-refractivity contribution in [2.75, 3.05) is 5.32 Å². The lowest BCUT2D eigenvalue weighted by Gasteiger charge is -2.17. The standard InChI is InChI=1S/C8H14N4/c1-6(9)7(2)12-8-3-4-10-5-11-8/h3-7H,9H2,1-2H3,(H,10,11,12). The molecule has 1 aromatic rings. The van der Waals surface area contributed by atoms with Gasteiger partial charge in [-0.25, -0.2) is 9.97 Å². The smallest absolute Gasteiger partial charge is 0.129 e. The molecule has 0 saturated heterocycles. The number of nitrogens with zero attached hydrogens (tertiary/aromatic N) is 2. The summed E-state index contributed by atoms with van der Waals surface area (Å²) >= 11 is 0. The fourth-order valence-corrected chi connectivity index (χ4v) is 0.741. The Morgan fingerprint density at radius 2 is 2.25 bits per heavy atom. The Bertz CT molecular complexity index is 222. The fraction of sp³-hybridized carbons (Fsp3) is 0.500. The van der Waals surface area contributed by atoms with Crippen molar-refractivity contribution in [2.24, 2.45) is 5.73 Å². The van der Waals surface area contributed by atoms with Gasteiger partial charge in [0.2, 0.25) is 0 Å². The van der Waals surface area contributed by atoms with E-state index < -0.39 is 0 Å². The van der Waals surface area contributed by atoms with Gasteiger partial charge in [0.25, 0.3) is 0 Å². The summed E-state index contributed by atoms with van der Waals surface area (Å²) in [6, 6.07) is 2.15. The molecule has 0 aromatic carbocycles. The summed E-state index contributed by atoms with van der Waals surface area (Å²) in [4.78, 5) is 7.84. The van der Waals surface area contributed by atoms with E-state index in [1.807, 2.05) is 19.9 Å². The van der Waals surface area contributed by atoms with E-state index in [4.69, 9.17) is 5.73 Å². The molecule has 1 heterocycles. The lowest BCUT2D eigenvalue weighted by molar-refractivity contribution is 0.636. The van der Waals surface area contributed by atoms with Gasteiger partial charge >= 0.3 is 0 Å². The molecule has 1 aromatic heterocycles. The minimum Gasteiger partial charge on any atom is -0.366 e. The molecule has 12 heavy (non-hydrogen) atoms. The molecular formula is C8H14N4. The van der Waals surface area contributed by atoms with Crippen LogP contribution in [0, 0.1) is 0 Å². The minimum absolute atomic E-state index is 0.111. The summed E-state index contributed by atoms with van der Waals surface area (Å²) in [6.45, 7) is 3.98. The molecule has 0 radical (unpaired) electrons. The van der Waals surface area contributed by atoms with E-state index in [1.165, 1.54) is 6.33 Å². The maximum atomic E-state index is 5.68. The van der Waals surface area contributed by atoms with Crippen molar-refractivity contribution in [3.63, 3.8) is 0 Å². The van der Waals surface area contributed by atoms with Crippen LogP contribution in [-0.4, -0.2) is 22.1 Å². The van der Waals surface area contributed by atoms with Gasteiger partial charge in [-0.1, -0.05) is 0 Å². The van der Waals surface area contributed by atoms with Crippen LogP contribution in [0.25, 0.3) is 0 Å². The quantitative estimate of drug-likeness (QED) is 0.691. The van der Waals surface area contributed by atoms with E-state index in [9.17, 15) is 0 Å². The first kappa shape index (κ1) is 8.93. The summed E-state index contributed by atoms with van der Waals surface area (Å²) in [5, 5.41) is 3.17. The summed E-state index contributed by atoms with van der Waals surface area (Å²) in [7, 11) is 0. The van der Waals surface area contributed by atoms with E-state index in [2.05, 4.69) is 15.3 Å². The zero-order valence-electron chi connectivity index (χ0n) is 7.36. The van der Waals surface area contributed by atoms with Gasteiger partial charge in [0.1, 0.15) is 12.1 Å². The molecule has 2 unspecified atom stereocenters. The molecule has 0 bridgehead atoms. The van der Waals surface area contributed by atoms with Gasteiger partial charge in [0.05, 0.1) is 0 Å². The third kappa shape index (κ3) is 2.47. The Labute approximate surface area is 72.2 Å². The molecular weight excluding hydrogens is 152 g/mol. The van der Waals surface area contributed by atoms with Crippen molar-refractivity contribution >= 4 is 5.82 Å². The number of hydrogen-bond donors (Lipinski definition) is 2. The second-order valence-electron chi connectivity index (χ2n) is 2.89. The predicted octanol–water partition coefficient (Wildman–Crippen LogP) is 0.624. The molecule has 0 fully saturated rings. The van der Waals surface area contributed by atoms with Crippen LogP contribution in [0.1, 0.15) is 13.8 Å². The molecule has 3 N–H and O–H groups in total. The van der Waals surface area contributed by atoms with Crippen LogP contribution in [0.2, 0.25) is 0 Å². The van der Waals surface area contributed by atoms with Crippen LogP contribution in [0.5, 0.6) is 0 Å². The molecule has 0 aliphatic rings. The van der Waals surface area contributed by atoms with Gasteiger partial charge in [-0.3, -0.25) is 0 Å². The first-order chi connectivity index (χ1) is 5.70. The van der Waals surface area contributed by atoms with E-state index in [-0.39, 0.29) is 12.1 Å². The highest BCUT2D eigenvalue weighted by molar-refractivity contribution is 5.33. The molecule has 2 atom stereocenters. The molecule has 66 valence electrons. The topological polar surface area (TPSA) is 63.8 Å². The Morgan fingerprint density at radius 3 is 2.75 bits per heavy atom. The number of nitrogens with two attached hydrogens (primary N) is 1. The normalized spacial score (nSPS) is 15.2. The van der Waals surface area contributed by atoms with E-state index in [0.717, 1.165) is 5.82 Å². The third-order valence-electron chi connectivity index (χ3n) is 1.75. The summed E-state index contributed by atoms with van der Waals surface area (Å²) in [5.74, 6) is 0.815. The summed E-state index contributed by atoms with van der Waals surface area (Å²) in [5.41, 5.74) is 5.68. The van der Waals surface area contributed by atoms with Crippen molar-refractivity contribution in [3.05, 3.63) is 18.6 Å². The van der Waals surface area contributed by atoms with Crippen molar-refractivity contribution in [1.29, 1.82) is 0 Å². The number of nitrogens with one attached hydrogen (secondary N) is 1. The van der Waals surface area contributed by atoms with E-state index >= 15 is 0 Å². The fourth-order valence-electron chi connectivity index (χ4n) is 0.741. The Balaban J connectivity index is 2.53. The molecule has 4 heteroatoms. The number of aromatic nitrogens is 2. The molecule has 0 aliphatic heterocycles. The van der Waals surface area contributed by atoms with E-state index in [0.29, 0.717) is 0 Å². The van der Waals surface area contributed by atoms with Crippen LogP contribution in [0.15, 0.2) is 18.6 Å². The maximum absolute atomic E-state index is 5.68. The highest BCUT2D eigenvalue weighted by atomic mass is 15.0. The average molecular weight is 166 g/mol. The van der Waals surface area contributed by atoms with Crippen molar-refractivity contribution in [1.82, 2.24) is 9.97 Å². The number of rotatable bonds is 3. The van der Waals surface area contributed by atoms with E-state index in [1.54, 1.807) is 6.20 Å². The minimum atomic E-state index is 0.111. The molecule has 0 saturated carbocycles. The molecule has 1 rings (SSSR count). The van der Waals surface area contributed by atoms with Crippen LogP contribution in [0.4, 0.5) is 5.82 Å². The highest BCUT2D eigenvalue weighted by Crippen LogP contribution is 2.02. The zero-order chi connectivity index (χ0) is 8.97. The van der Waals surface area contributed by atoms with Crippen LogP contribution in [0.3, 0.4) is 0 Å². The van der Waals surface area contributed by atoms with Gasteiger partial charge in [-0.15, -0.1) is 0 Å². The zero-order valence-corrected chi connectivity index (χ0v) is 7.36. The van der Waals surface area contributed by atoms with Crippen LogP contribution >= 0.6 is 0 Å². The molecule has 0 aliphatic carbocycles. The second-order valence-corrected chi connectivity index (χ2v) is 2.89. The average Bonchev–Trinajstić information content (AvgIpc) is 2.06. The first-order valence-corrected chi connectivity index (χ1v) is 3.98. The molecule has 0 spiro atoms. The highest BCUT2D eigenvalue weighted by Gasteiger charge is 2.06. The van der Waals surface area contributed by atoms with Gasteiger partial charge in [0.15, 0.2) is 0 Å². The summed E-state index contributed by atoms with van der Waals surface area (Å²) < 4.78 is 0. The SMILES string of the molecule is CC(N)C(C)Nc1ccncn1. The molecule has 0 amide bonds. The number of anilines is 1. The number of hydrogen-bond acceptors (Lipinski definition) is 4.